The third-order valence-electron chi connectivity index (χ3n) is 3.00. The Hall–Kier alpha value is -0.570. The third kappa shape index (κ3) is 3.36. The summed E-state index contributed by atoms with van der Waals surface area (Å²) in [6.07, 6.45) is 0.869. The first-order valence-electron chi connectivity index (χ1n) is 6.38. The van der Waals surface area contributed by atoms with E-state index < -0.39 is 0 Å². The molecule has 2 aromatic rings. The summed E-state index contributed by atoms with van der Waals surface area (Å²) in [5.74, 6) is 0. The number of hydrogen-bond donors (Lipinski definition) is 2. The minimum Gasteiger partial charge on any atom is -0.326 e. The monoisotopic (exact) mass is 376 g/mol. The van der Waals surface area contributed by atoms with E-state index in [2.05, 4.69) is 39.1 Å². The molecule has 0 radical (unpaired) electrons. The molecular weight excluding hydrogens is 360 g/mol. The van der Waals surface area contributed by atoms with Crippen LogP contribution in [0.3, 0.4) is 0 Å². The minimum atomic E-state index is -0.175. The molecule has 0 spiro atoms. The summed E-state index contributed by atoms with van der Waals surface area (Å²) in [6, 6.07) is 2.10. The molecule has 0 aliphatic carbocycles. The maximum Gasteiger partial charge on any atom is 0.343 e. The van der Waals surface area contributed by atoms with Crippen LogP contribution >= 0.6 is 39.0 Å². The Morgan fingerprint density at radius 2 is 2.35 bits per heavy atom. The zero-order valence-electron chi connectivity index (χ0n) is 11.3. The van der Waals surface area contributed by atoms with E-state index >= 15 is 0 Å². The molecule has 5 nitrogen and oxygen atoms in total. The third-order valence-corrected chi connectivity index (χ3v) is 6.31. The summed E-state index contributed by atoms with van der Waals surface area (Å²) in [7, 11) is 0. The zero-order chi connectivity index (χ0) is 14.7. The van der Waals surface area contributed by atoms with Gasteiger partial charge in [-0.05, 0) is 35.3 Å². The van der Waals surface area contributed by atoms with Gasteiger partial charge in [-0.25, -0.2) is 9.89 Å². The number of aromatic amines is 1. The van der Waals surface area contributed by atoms with Crippen molar-refractivity contribution in [2.75, 3.05) is 0 Å². The molecule has 2 unspecified atom stereocenters. The summed E-state index contributed by atoms with van der Waals surface area (Å²) in [5.41, 5.74) is 6.07. The van der Waals surface area contributed by atoms with Crippen LogP contribution < -0.4 is 11.4 Å². The van der Waals surface area contributed by atoms with E-state index in [1.807, 2.05) is 12.3 Å². The van der Waals surface area contributed by atoms with E-state index in [9.17, 15) is 4.79 Å². The van der Waals surface area contributed by atoms with Crippen LogP contribution in [-0.2, 0) is 6.54 Å². The fourth-order valence-corrected chi connectivity index (χ4v) is 4.86. The van der Waals surface area contributed by atoms with Gasteiger partial charge in [0.1, 0.15) is 0 Å². The molecule has 0 saturated heterocycles. The predicted octanol–water partition coefficient (Wildman–Crippen LogP) is 2.99. The van der Waals surface area contributed by atoms with Crippen molar-refractivity contribution < 1.29 is 0 Å². The van der Waals surface area contributed by atoms with Crippen LogP contribution in [0.2, 0.25) is 0 Å². The summed E-state index contributed by atoms with van der Waals surface area (Å²) >= 11 is 6.69. The molecule has 110 valence electrons. The van der Waals surface area contributed by atoms with E-state index in [-0.39, 0.29) is 17.0 Å². The quantitative estimate of drug-likeness (QED) is 0.759. The van der Waals surface area contributed by atoms with E-state index in [0.29, 0.717) is 11.7 Å². The van der Waals surface area contributed by atoms with Gasteiger partial charge in [0.2, 0.25) is 0 Å². The first-order valence-corrected chi connectivity index (χ1v) is 8.93. The molecule has 0 bridgehead atoms. The van der Waals surface area contributed by atoms with Gasteiger partial charge < -0.3 is 5.73 Å². The van der Waals surface area contributed by atoms with E-state index in [1.165, 1.54) is 4.88 Å². The van der Waals surface area contributed by atoms with Crippen molar-refractivity contribution in [2.24, 2.45) is 5.73 Å². The normalized spacial score (nSPS) is 14.4. The fraction of sp³-hybridized carbons (Fsp3) is 0.500. The average molecular weight is 377 g/mol. The van der Waals surface area contributed by atoms with E-state index in [4.69, 9.17) is 5.73 Å². The van der Waals surface area contributed by atoms with Crippen molar-refractivity contribution in [3.8, 4) is 0 Å². The number of aromatic nitrogens is 3. The molecule has 2 rings (SSSR count). The van der Waals surface area contributed by atoms with Gasteiger partial charge in [0.15, 0.2) is 5.16 Å². The number of thiophene rings is 1. The fourth-order valence-electron chi connectivity index (χ4n) is 1.83. The van der Waals surface area contributed by atoms with Crippen LogP contribution in [-0.4, -0.2) is 20.8 Å². The van der Waals surface area contributed by atoms with Crippen molar-refractivity contribution in [1.82, 2.24) is 14.8 Å². The Labute approximate surface area is 134 Å². The Balaban J connectivity index is 2.30. The largest absolute Gasteiger partial charge is 0.343 e. The van der Waals surface area contributed by atoms with E-state index in [0.717, 1.165) is 10.9 Å². The van der Waals surface area contributed by atoms with Crippen LogP contribution in [0.15, 0.2) is 25.9 Å². The Kier molecular flexibility index (Phi) is 5.48. The molecule has 0 saturated carbocycles. The summed E-state index contributed by atoms with van der Waals surface area (Å²) in [6.45, 7) is 4.59. The average Bonchev–Trinajstić information content (AvgIpc) is 3.01. The topological polar surface area (TPSA) is 76.7 Å². The molecule has 8 heteroatoms. The number of halogens is 1. The van der Waals surface area contributed by atoms with Crippen molar-refractivity contribution in [1.29, 1.82) is 0 Å². The number of nitrogens with zero attached hydrogens (tertiary/aromatic N) is 2. The molecule has 2 heterocycles. The molecule has 0 aliphatic rings. The molecule has 0 aromatic carbocycles. The Bertz CT molecular complexity index is 621. The van der Waals surface area contributed by atoms with Gasteiger partial charge in [0.25, 0.3) is 0 Å². The number of thioether (sulfide) groups is 1. The number of nitrogens with one attached hydrogen (secondary N) is 1. The number of rotatable bonds is 6. The summed E-state index contributed by atoms with van der Waals surface area (Å²) < 4.78 is 2.68. The van der Waals surface area contributed by atoms with Gasteiger partial charge in [0, 0.05) is 27.3 Å². The highest BCUT2D eigenvalue weighted by molar-refractivity contribution is 9.10. The molecular formula is C12H17BrN4OS2. The predicted molar refractivity (Wildman–Crippen MR) is 87.4 cm³/mol. The number of hydrogen-bond acceptors (Lipinski definition) is 5. The molecule has 2 aromatic heterocycles. The van der Waals surface area contributed by atoms with Gasteiger partial charge in [-0.3, -0.25) is 4.57 Å². The minimum absolute atomic E-state index is 0.0164. The number of H-pyrrole nitrogens is 1. The lowest BCUT2D eigenvalue weighted by Crippen LogP contribution is -2.25. The first-order chi connectivity index (χ1) is 9.56. The van der Waals surface area contributed by atoms with Crippen molar-refractivity contribution >= 4 is 39.0 Å². The van der Waals surface area contributed by atoms with Crippen molar-refractivity contribution in [3.05, 3.63) is 31.3 Å². The molecule has 2 atom stereocenters. The lowest BCUT2D eigenvalue weighted by atomic mass is 10.1. The molecule has 0 fully saturated rings. The second kappa shape index (κ2) is 6.93. The van der Waals surface area contributed by atoms with Crippen molar-refractivity contribution in [2.45, 2.75) is 43.3 Å². The standard InChI is InChI=1S/C12H17BrN4OS2/c1-3-8(14)10(9-5-7(13)6-19-9)20-12-16-15-11(18)17(12)4-2/h5-6,8,10H,3-4,14H2,1-2H3,(H,15,18). The lowest BCUT2D eigenvalue weighted by molar-refractivity contribution is 0.626. The van der Waals surface area contributed by atoms with Crippen LogP contribution in [0.4, 0.5) is 0 Å². The maximum atomic E-state index is 11.6. The van der Waals surface area contributed by atoms with Crippen LogP contribution in [0.5, 0.6) is 0 Å². The van der Waals surface area contributed by atoms with Gasteiger partial charge >= 0.3 is 5.69 Å². The summed E-state index contributed by atoms with van der Waals surface area (Å²) in [5, 5.41) is 9.43. The molecule has 20 heavy (non-hydrogen) atoms. The van der Waals surface area contributed by atoms with E-state index in [1.54, 1.807) is 27.7 Å². The van der Waals surface area contributed by atoms with Crippen LogP contribution in [0, 0.1) is 0 Å². The Morgan fingerprint density at radius 1 is 1.60 bits per heavy atom. The Morgan fingerprint density at radius 3 is 2.90 bits per heavy atom. The van der Waals surface area contributed by atoms with Gasteiger partial charge in [0.05, 0.1) is 5.25 Å². The van der Waals surface area contributed by atoms with Crippen molar-refractivity contribution in [3.63, 3.8) is 0 Å². The highest BCUT2D eigenvalue weighted by atomic mass is 79.9. The zero-order valence-corrected chi connectivity index (χ0v) is 14.5. The second-order valence-electron chi connectivity index (χ2n) is 4.33. The van der Waals surface area contributed by atoms with Gasteiger partial charge in [-0.1, -0.05) is 18.7 Å². The first kappa shape index (κ1) is 15.8. The van der Waals surface area contributed by atoms with Crippen LogP contribution in [0.1, 0.15) is 30.4 Å². The highest BCUT2D eigenvalue weighted by Gasteiger charge is 2.24. The summed E-state index contributed by atoms with van der Waals surface area (Å²) in [4.78, 5) is 12.8. The lowest BCUT2D eigenvalue weighted by Gasteiger charge is -2.20. The smallest absolute Gasteiger partial charge is 0.326 e. The van der Waals surface area contributed by atoms with Crippen LogP contribution in [0.25, 0.3) is 0 Å². The highest BCUT2D eigenvalue weighted by Crippen LogP contribution is 2.40. The molecule has 0 aliphatic heterocycles. The molecule has 0 amide bonds. The maximum absolute atomic E-state index is 11.6. The number of nitrogens with two attached hydrogens (primary N) is 1. The second-order valence-corrected chi connectivity index (χ2v) is 7.30. The SMILES string of the molecule is CCC(N)C(Sc1n[nH]c(=O)n1CC)c1cc(Br)cs1. The van der Waals surface area contributed by atoms with Gasteiger partial charge in [-0.15, -0.1) is 16.4 Å². The van der Waals surface area contributed by atoms with Gasteiger partial charge in [-0.2, -0.15) is 0 Å². The molecule has 3 N–H and O–H groups in total.